The fourth-order valence-corrected chi connectivity index (χ4v) is 4.70. The van der Waals surface area contributed by atoms with E-state index in [1.165, 1.54) is 11.8 Å². The zero-order valence-electron chi connectivity index (χ0n) is 19.4. The molecule has 2 rings (SSSR count). The van der Waals surface area contributed by atoms with Crippen molar-refractivity contribution in [2.75, 3.05) is 30.9 Å². The van der Waals surface area contributed by atoms with Crippen LogP contribution < -0.4 is 15.0 Å². The van der Waals surface area contributed by atoms with Gasteiger partial charge in [0.1, 0.15) is 11.8 Å². The number of hydrogen-bond acceptors (Lipinski definition) is 6. The van der Waals surface area contributed by atoms with E-state index >= 15 is 0 Å². The second-order valence-corrected chi connectivity index (χ2v) is 9.91. The Kier molecular flexibility index (Phi) is 10.7. The molecule has 0 aromatic heterocycles. The molecule has 1 aromatic carbocycles. The third kappa shape index (κ3) is 8.04. The fourth-order valence-electron chi connectivity index (χ4n) is 4.06. The van der Waals surface area contributed by atoms with Crippen LogP contribution in [0.1, 0.15) is 58.4 Å². The van der Waals surface area contributed by atoms with Crippen molar-refractivity contribution in [1.29, 1.82) is 0 Å². The van der Waals surface area contributed by atoms with Crippen LogP contribution in [0.4, 0.5) is 5.69 Å². The Morgan fingerprint density at radius 2 is 1.97 bits per heavy atom. The summed E-state index contributed by atoms with van der Waals surface area (Å²) in [5.74, 6) is 1.82. The minimum atomic E-state index is -0.301. The van der Waals surface area contributed by atoms with E-state index in [0.29, 0.717) is 13.0 Å². The van der Waals surface area contributed by atoms with Crippen molar-refractivity contribution in [3.63, 3.8) is 0 Å². The number of anilines is 1. The maximum atomic E-state index is 12.7. The average Bonchev–Trinajstić information content (AvgIpc) is 2.71. The van der Waals surface area contributed by atoms with Crippen molar-refractivity contribution in [3.05, 3.63) is 23.8 Å². The van der Waals surface area contributed by atoms with Gasteiger partial charge in [-0.25, -0.2) is 0 Å². The van der Waals surface area contributed by atoms with Crippen molar-refractivity contribution in [2.24, 2.45) is 5.92 Å². The largest absolute Gasteiger partial charge is 0.494 e. The molecule has 7 heteroatoms. The van der Waals surface area contributed by atoms with Gasteiger partial charge in [0.05, 0.1) is 19.3 Å². The first-order chi connectivity index (χ1) is 14.8. The Morgan fingerprint density at radius 1 is 1.26 bits per heavy atom. The van der Waals surface area contributed by atoms with Crippen molar-refractivity contribution in [1.82, 2.24) is 5.32 Å². The number of thioether (sulfide) groups is 1. The number of unbranched alkanes of at least 4 members (excludes halogenated alkanes) is 4. The van der Waals surface area contributed by atoms with Crippen molar-refractivity contribution in [2.45, 2.75) is 71.4 Å². The molecule has 0 spiro atoms. The number of benzene rings is 1. The van der Waals surface area contributed by atoms with Gasteiger partial charge >= 0.3 is 0 Å². The molecular formula is C24H38N2O4S. The zero-order chi connectivity index (χ0) is 22.8. The molecule has 31 heavy (non-hydrogen) atoms. The summed E-state index contributed by atoms with van der Waals surface area (Å²) in [6.45, 7) is 6.28. The minimum Gasteiger partial charge on any atom is -0.494 e. The second-order valence-electron chi connectivity index (χ2n) is 8.64. The van der Waals surface area contributed by atoms with Gasteiger partial charge in [-0.15, -0.1) is 0 Å². The van der Waals surface area contributed by atoms with Crippen LogP contribution in [0.3, 0.4) is 0 Å². The summed E-state index contributed by atoms with van der Waals surface area (Å²) >= 11 is 1.41. The summed E-state index contributed by atoms with van der Waals surface area (Å²) in [5, 5.41) is 12.9. The summed E-state index contributed by atoms with van der Waals surface area (Å²) in [6, 6.07) is 5.47. The number of rotatable bonds is 11. The monoisotopic (exact) mass is 450 g/mol. The van der Waals surface area contributed by atoms with Gasteiger partial charge in [0.15, 0.2) is 5.12 Å². The van der Waals surface area contributed by atoms with Gasteiger partial charge in [0.2, 0.25) is 5.91 Å². The van der Waals surface area contributed by atoms with E-state index in [1.54, 1.807) is 6.92 Å². The van der Waals surface area contributed by atoms with Crippen molar-refractivity contribution < 1.29 is 19.4 Å². The lowest BCUT2D eigenvalue weighted by molar-refractivity contribution is -0.124. The van der Waals surface area contributed by atoms with Crippen LogP contribution in [0.5, 0.6) is 5.75 Å². The number of nitrogens with one attached hydrogen (secondary N) is 1. The molecule has 0 aliphatic carbocycles. The Morgan fingerprint density at radius 3 is 2.65 bits per heavy atom. The normalized spacial score (nSPS) is 18.9. The highest BCUT2D eigenvalue weighted by molar-refractivity contribution is 8.13. The lowest BCUT2D eigenvalue weighted by atomic mass is 9.95. The van der Waals surface area contributed by atoms with Crippen LogP contribution in [0.15, 0.2) is 18.2 Å². The number of aliphatic hydroxyl groups excluding tert-OH is 1. The van der Waals surface area contributed by atoms with E-state index in [9.17, 15) is 14.7 Å². The molecule has 2 N–H and O–H groups in total. The standard InChI is InChI=1S/C24H38N2O4S/c1-17(2)23-24(29)25-20(16-27)14-19-10-11-21(15-22(19)26(23)4)30-12-8-6-5-7-9-13-31-18(3)28/h10-11,15,17,20,23,27H,5-9,12-14,16H2,1-4H3,(H,25,29)/t20-,23-/m1/s1. The van der Waals surface area contributed by atoms with E-state index in [4.69, 9.17) is 4.74 Å². The molecular weight excluding hydrogens is 412 g/mol. The topological polar surface area (TPSA) is 78.9 Å². The Balaban J connectivity index is 1.92. The van der Waals surface area contributed by atoms with Gasteiger partial charge in [-0.05, 0) is 36.8 Å². The SMILES string of the molecule is CC(=O)SCCCCCCCOc1ccc2c(c1)N(C)[C@H](C(C)C)C(=O)N[C@@H](CO)C2. The third-order valence-electron chi connectivity index (χ3n) is 5.65. The van der Waals surface area contributed by atoms with Crippen LogP contribution in [-0.4, -0.2) is 54.2 Å². The quantitative estimate of drug-likeness (QED) is 0.500. The Hall–Kier alpha value is -1.73. The maximum Gasteiger partial charge on any atom is 0.243 e. The van der Waals surface area contributed by atoms with E-state index in [0.717, 1.165) is 54.9 Å². The molecule has 6 nitrogen and oxygen atoms in total. The molecule has 0 saturated heterocycles. The molecule has 1 heterocycles. The number of likely N-dealkylation sites (N-methyl/N-ethyl adjacent to an activating group) is 1. The summed E-state index contributed by atoms with van der Waals surface area (Å²) in [6.07, 6.45) is 6.09. The van der Waals surface area contributed by atoms with Gasteiger partial charge in [0.25, 0.3) is 0 Å². The summed E-state index contributed by atoms with van der Waals surface area (Å²) in [7, 11) is 1.95. The number of fused-ring (bicyclic) bond motifs is 1. The molecule has 0 fully saturated rings. The van der Waals surface area contributed by atoms with Gasteiger partial charge in [-0.3, -0.25) is 9.59 Å². The number of ether oxygens (including phenoxy) is 1. The molecule has 0 saturated carbocycles. The minimum absolute atomic E-state index is 0.0461. The Labute approximate surface area is 191 Å². The lowest BCUT2D eigenvalue weighted by Crippen LogP contribution is -2.54. The van der Waals surface area contributed by atoms with Crippen molar-refractivity contribution >= 4 is 28.5 Å². The third-order valence-corrected chi connectivity index (χ3v) is 6.55. The molecule has 0 unspecified atom stereocenters. The fraction of sp³-hybridized carbons (Fsp3) is 0.667. The molecule has 2 atom stereocenters. The molecule has 1 amide bonds. The molecule has 0 radical (unpaired) electrons. The smallest absolute Gasteiger partial charge is 0.243 e. The first kappa shape index (κ1) is 25.5. The number of nitrogens with zero attached hydrogens (tertiary/aromatic N) is 1. The molecule has 1 aliphatic rings. The second kappa shape index (κ2) is 13.0. The van der Waals surface area contributed by atoms with Gasteiger partial charge in [-0.2, -0.15) is 0 Å². The van der Waals surface area contributed by atoms with E-state index < -0.39 is 0 Å². The highest BCUT2D eigenvalue weighted by Gasteiger charge is 2.32. The Bertz CT molecular complexity index is 726. The van der Waals surface area contributed by atoms with Gasteiger partial charge in [0, 0.05) is 31.5 Å². The van der Waals surface area contributed by atoms with Crippen LogP contribution in [0.25, 0.3) is 0 Å². The van der Waals surface area contributed by atoms with Crippen LogP contribution in [-0.2, 0) is 16.0 Å². The number of amides is 1. The number of carbonyl (C=O) groups excluding carboxylic acids is 2. The predicted molar refractivity (Wildman–Crippen MR) is 128 cm³/mol. The number of aliphatic hydroxyl groups is 1. The lowest BCUT2D eigenvalue weighted by Gasteiger charge is -2.37. The van der Waals surface area contributed by atoms with Crippen LogP contribution in [0, 0.1) is 5.92 Å². The first-order valence-corrected chi connectivity index (χ1v) is 12.3. The molecule has 1 aromatic rings. The van der Waals surface area contributed by atoms with Gasteiger partial charge in [-0.1, -0.05) is 50.9 Å². The zero-order valence-corrected chi connectivity index (χ0v) is 20.2. The summed E-state index contributed by atoms with van der Waals surface area (Å²) in [5.41, 5.74) is 2.09. The number of hydrogen-bond donors (Lipinski definition) is 2. The summed E-state index contributed by atoms with van der Waals surface area (Å²) < 4.78 is 6.00. The summed E-state index contributed by atoms with van der Waals surface area (Å²) in [4.78, 5) is 25.7. The highest BCUT2D eigenvalue weighted by Crippen LogP contribution is 2.31. The van der Waals surface area contributed by atoms with Crippen LogP contribution >= 0.6 is 11.8 Å². The van der Waals surface area contributed by atoms with E-state index in [1.807, 2.05) is 44.0 Å². The predicted octanol–water partition coefficient (Wildman–Crippen LogP) is 3.79. The molecule has 174 valence electrons. The molecule has 1 aliphatic heterocycles. The van der Waals surface area contributed by atoms with Gasteiger partial charge < -0.3 is 20.1 Å². The first-order valence-electron chi connectivity index (χ1n) is 11.4. The molecule has 0 bridgehead atoms. The highest BCUT2D eigenvalue weighted by atomic mass is 32.2. The van der Waals surface area contributed by atoms with Crippen molar-refractivity contribution in [3.8, 4) is 5.75 Å². The average molecular weight is 451 g/mol. The van der Waals surface area contributed by atoms with Crippen LogP contribution in [0.2, 0.25) is 0 Å². The maximum absolute atomic E-state index is 12.7. The van der Waals surface area contributed by atoms with E-state index in [-0.39, 0.29) is 35.6 Å². The number of carbonyl (C=O) groups is 2. The van der Waals surface area contributed by atoms with E-state index in [2.05, 4.69) is 5.32 Å².